The van der Waals surface area contributed by atoms with Crippen molar-refractivity contribution in [1.82, 2.24) is 4.57 Å². The van der Waals surface area contributed by atoms with E-state index in [9.17, 15) is 21.6 Å². The van der Waals surface area contributed by atoms with E-state index in [4.69, 9.17) is 14.6 Å². The average Bonchev–Trinajstić information content (AvgIpc) is 3.03. The van der Waals surface area contributed by atoms with Crippen molar-refractivity contribution in [2.75, 3.05) is 13.7 Å². The molecule has 0 unspecified atom stereocenters. The molecule has 10 nitrogen and oxygen atoms in total. The summed E-state index contributed by atoms with van der Waals surface area (Å²) >= 11 is 0.908. The second-order valence-corrected chi connectivity index (χ2v) is 10.4. The number of sulfonamides is 2. The number of methoxy groups -OCH3 is 1. The maximum atomic E-state index is 12.8. The van der Waals surface area contributed by atoms with E-state index in [1.165, 1.54) is 54.1 Å². The van der Waals surface area contributed by atoms with Crippen molar-refractivity contribution in [3.05, 3.63) is 47.3 Å². The van der Waals surface area contributed by atoms with Gasteiger partial charge in [0, 0.05) is 0 Å². The topological polar surface area (TPSA) is 147 Å². The van der Waals surface area contributed by atoms with Crippen molar-refractivity contribution in [3.8, 4) is 5.75 Å². The van der Waals surface area contributed by atoms with Gasteiger partial charge >= 0.3 is 5.97 Å². The van der Waals surface area contributed by atoms with E-state index in [0.29, 0.717) is 16.0 Å². The molecular formula is C18H19N3O7S3. The summed E-state index contributed by atoms with van der Waals surface area (Å²) in [7, 11) is -6.64. The molecule has 0 saturated heterocycles. The van der Waals surface area contributed by atoms with Crippen LogP contribution in [0.4, 0.5) is 0 Å². The Bertz CT molecular complexity index is 1400. The van der Waals surface area contributed by atoms with Crippen molar-refractivity contribution in [2.24, 2.45) is 9.54 Å². The average molecular weight is 486 g/mol. The minimum Gasteiger partial charge on any atom is -0.497 e. The molecule has 166 valence electrons. The number of benzene rings is 2. The van der Waals surface area contributed by atoms with Crippen LogP contribution in [0, 0.1) is 0 Å². The quantitative estimate of drug-likeness (QED) is 0.495. The molecule has 2 aromatic carbocycles. The number of fused-ring (bicyclic) bond motifs is 1. The van der Waals surface area contributed by atoms with Gasteiger partial charge in [-0.25, -0.2) is 13.6 Å². The summed E-state index contributed by atoms with van der Waals surface area (Å²) in [5.74, 6) is -0.116. The van der Waals surface area contributed by atoms with Crippen molar-refractivity contribution in [2.45, 2.75) is 23.3 Å². The Morgan fingerprint density at radius 2 is 1.74 bits per heavy atom. The lowest BCUT2D eigenvalue weighted by atomic mass is 10.3. The molecule has 2 N–H and O–H groups in total. The van der Waals surface area contributed by atoms with Gasteiger partial charge in [0.1, 0.15) is 12.3 Å². The van der Waals surface area contributed by atoms with Gasteiger partial charge in [0.25, 0.3) is 10.0 Å². The van der Waals surface area contributed by atoms with E-state index in [1.54, 1.807) is 6.92 Å². The van der Waals surface area contributed by atoms with E-state index >= 15 is 0 Å². The number of aromatic nitrogens is 1. The smallest absolute Gasteiger partial charge is 0.326 e. The normalized spacial score (nSPS) is 12.8. The summed E-state index contributed by atoms with van der Waals surface area (Å²) in [6.45, 7) is 1.49. The van der Waals surface area contributed by atoms with Crippen LogP contribution in [0.15, 0.2) is 56.7 Å². The lowest BCUT2D eigenvalue weighted by molar-refractivity contribution is -0.143. The zero-order valence-corrected chi connectivity index (χ0v) is 19.0. The summed E-state index contributed by atoms with van der Waals surface area (Å²) in [4.78, 5) is 11.8. The second kappa shape index (κ2) is 8.78. The Balaban J connectivity index is 2.21. The first-order valence-corrected chi connectivity index (χ1v) is 12.6. The van der Waals surface area contributed by atoms with Crippen LogP contribution in [0.25, 0.3) is 10.2 Å². The summed E-state index contributed by atoms with van der Waals surface area (Å²) in [5, 5.41) is 5.18. The molecule has 0 radical (unpaired) electrons. The van der Waals surface area contributed by atoms with Gasteiger partial charge in [0.2, 0.25) is 14.8 Å². The van der Waals surface area contributed by atoms with Crippen molar-refractivity contribution in [3.63, 3.8) is 0 Å². The molecule has 0 fully saturated rings. The largest absolute Gasteiger partial charge is 0.497 e. The number of nitrogens with two attached hydrogens (primary N) is 1. The zero-order chi connectivity index (χ0) is 22.8. The highest BCUT2D eigenvalue weighted by molar-refractivity contribution is 7.90. The maximum absolute atomic E-state index is 12.8. The first-order valence-electron chi connectivity index (χ1n) is 8.82. The lowest BCUT2D eigenvalue weighted by Gasteiger charge is -2.06. The molecular weight excluding hydrogens is 466 g/mol. The maximum Gasteiger partial charge on any atom is 0.326 e. The molecule has 0 aliphatic carbocycles. The van der Waals surface area contributed by atoms with Crippen molar-refractivity contribution < 1.29 is 31.1 Å². The fourth-order valence-electron chi connectivity index (χ4n) is 2.69. The minimum atomic E-state index is -4.13. The van der Waals surface area contributed by atoms with Crippen LogP contribution < -0.4 is 14.7 Å². The Kier molecular flexibility index (Phi) is 6.50. The molecule has 0 aliphatic rings. The van der Waals surface area contributed by atoms with Crippen LogP contribution in [-0.2, 0) is 36.1 Å². The second-order valence-electron chi connectivity index (χ2n) is 6.19. The fourth-order valence-corrected chi connectivity index (χ4v) is 5.58. The van der Waals surface area contributed by atoms with Crippen LogP contribution in [0.3, 0.4) is 0 Å². The number of hydrogen-bond acceptors (Lipinski definition) is 8. The SMILES string of the molecule is CCOC(=O)Cn1c(=NS(=O)(=O)c2ccc(OC)cc2)sc2cc(S(N)(=O)=O)ccc21. The third kappa shape index (κ3) is 5.12. The van der Waals surface area contributed by atoms with Gasteiger partial charge in [0.15, 0.2) is 0 Å². The number of primary sulfonamides is 1. The molecule has 3 aromatic rings. The summed E-state index contributed by atoms with van der Waals surface area (Å²) in [6, 6.07) is 9.67. The van der Waals surface area contributed by atoms with E-state index in [-0.39, 0.29) is 27.7 Å². The predicted molar refractivity (Wildman–Crippen MR) is 114 cm³/mol. The van der Waals surface area contributed by atoms with Gasteiger partial charge in [0.05, 0.1) is 33.7 Å². The highest BCUT2D eigenvalue weighted by atomic mass is 32.2. The van der Waals surface area contributed by atoms with E-state index in [1.807, 2.05) is 0 Å². The van der Waals surface area contributed by atoms with Crippen molar-refractivity contribution >= 4 is 47.6 Å². The number of nitrogens with zero attached hydrogens (tertiary/aromatic N) is 2. The Labute approximate surface area is 182 Å². The molecule has 31 heavy (non-hydrogen) atoms. The molecule has 0 aliphatic heterocycles. The van der Waals surface area contributed by atoms with Gasteiger partial charge in [-0.15, -0.1) is 4.40 Å². The monoisotopic (exact) mass is 485 g/mol. The third-order valence-electron chi connectivity index (χ3n) is 4.13. The molecule has 13 heteroatoms. The van der Waals surface area contributed by atoms with Crippen LogP contribution in [0.2, 0.25) is 0 Å². The van der Waals surface area contributed by atoms with Crippen molar-refractivity contribution in [1.29, 1.82) is 0 Å². The molecule has 0 saturated carbocycles. The Morgan fingerprint density at radius 3 is 2.32 bits per heavy atom. The summed E-state index contributed by atoms with van der Waals surface area (Å²) < 4.78 is 64.6. The molecule has 0 spiro atoms. The molecule has 0 atom stereocenters. The lowest BCUT2D eigenvalue weighted by Crippen LogP contribution is -2.23. The number of ether oxygens (including phenoxy) is 2. The van der Waals surface area contributed by atoms with Gasteiger partial charge in [-0.05, 0) is 49.4 Å². The third-order valence-corrected chi connectivity index (χ3v) is 7.48. The molecule has 0 bridgehead atoms. The Morgan fingerprint density at radius 1 is 1.10 bits per heavy atom. The van der Waals surface area contributed by atoms with Crippen LogP contribution in [0.1, 0.15) is 6.92 Å². The molecule has 1 aromatic heterocycles. The molecule has 3 rings (SSSR count). The predicted octanol–water partition coefficient (Wildman–Crippen LogP) is 1.21. The number of thiazole rings is 1. The summed E-state index contributed by atoms with van der Waals surface area (Å²) in [6.07, 6.45) is 0. The van der Waals surface area contributed by atoms with Gasteiger partial charge in [-0.1, -0.05) is 11.3 Å². The van der Waals surface area contributed by atoms with Gasteiger partial charge < -0.3 is 14.0 Å². The minimum absolute atomic E-state index is 0.0227. The van der Waals surface area contributed by atoms with Gasteiger partial charge in [-0.3, -0.25) is 4.79 Å². The molecule has 0 amide bonds. The standard InChI is InChI=1S/C18H19N3O7S3/c1-3-28-17(22)11-21-15-9-8-14(30(19,23)24)10-16(15)29-18(21)20-31(25,26)13-6-4-12(27-2)5-7-13/h4-10H,3,11H2,1-2H3,(H2,19,23,24). The highest BCUT2D eigenvalue weighted by Crippen LogP contribution is 2.23. The van der Waals surface area contributed by atoms with Gasteiger partial charge in [-0.2, -0.15) is 8.42 Å². The molecule has 1 heterocycles. The summed E-state index contributed by atoms with van der Waals surface area (Å²) in [5.41, 5.74) is 0.411. The first kappa shape index (κ1) is 22.9. The fraction of sp³-hybridized carbons (Fsp3) is 0.222. The van der Waals surface area contributed by atoms with E-state index in [2.05, 4.69) is 4.40 Å². The van der Waals surface area contributed by atoms with E-state index < -0.39 is 26.0 Å². The number of esters is 1. The van der Waals surface area contributed by atoms with Crippen LogP contribution in [-0.4, -0.2) is 41.1 Å². The number of hydrogen-bond donors (Lipinski definition) is 1. The highest BCUT2D eigenvalue weighted by Gasteiger charge is 2.18. The zero-order valence-electron chi connectivity index (χ0n) is 16.5. The number of carbonyl (C=O) groups is 1. The first-order chi connectivity index (χ1) is 14.5. The number of carbonyl (C=O) groups excluding carboxylic acids is 1. The number of rotatable bonds is 7. The van der Waals surface area contributed by atoms with E-state index in [0.717, 1.165) is 11.3 Å². The Hall–Kier alpha value is -2.74. The van der Waals surface area contributed by atoms with Crippen LogP contribution in [0.5, 0.6) is 5.75 Å². The van der Waals surface area contributed by atoms with Crippen LogP contribution >= 0.6 is 11.3 Å².